The zero-order valence-corrected chi connectivity index (χ0v) is 18.0. The van der Waals surface area contributed by atoms with E-state index >= 15 is 0 Å². The molecule has 1 aliphatic rings. The highest BCUT2D eigenvalue weighted by Gasteiger charge is 2.32. The molecule has 2 aromatic heterocycles. The number of carbonyl (C=O) groups is 1. The average Bonchev–Trinajstić information content (AvgIpc) is 3.34. The molecule has 0 unspecified atom stereocenters. The SMILES string of the molecule is CN(Cc1nc(-c2cccs2)no1)C(=O)[C@@H]1CCN(S(C)(=O)=O)c2ccccc2O1. The molecule has 0 spiro atoms. The van der Waals surface area contributed by atoms with Crippen molar-refractivity contribution >= 4 is 33.0 Å². The molecule has 1 aromatic carbocycles. The van der Waals surface area contributed by atoms with Crippen molar-refractivity contribution in [1.82, 2.24) is 15.0 Å². The molecule has 0 aliphatic carbocycles. The second-order valence-electron chi connectivity index (χ2n) is 6.88. The van der Waals surface area contributed by atoms with E-state index in [0.29, 0.717) is 23.2 Å². The Labute approximate surface area is 177 Å². The van der Waals surface area contributed by atoms with Crippen LogP contribution in [-0.4, -0.2) is 55.3 Å². The van der Waals surface area contributed by atoms with Gasteiger partial charge in [0, 0.05) is 20.0 Å². The molecule has 3 heterocycles. The predicted molar refractivity (Wildman–Crippen MR) is 112 cm³/mol. The lowest BCUT2D eigenvalue weighted by Gasteiger charge is -2.22. The Morgan fingerprint density at radius 2 is 2.10 bits per heavy atom. The minimum absolute atomic E-state index is 0.120. The zero-order chi connectivity index (χ0) is 21.3. The molecule has 11 heteroatoms. The molecule has 0 saturated heterocycles. The normalized spacial score (nSPS) is 16.5. The van der Waals surface area contributed by atoms with E-state index in [2.05, 4.69) is 10.1 Å². The second-order valence-corrected chi connectivity index (χ2v) is 9.74. The molecule has 0 bridgehead atoms. The van der Waals surface area contributed by atoms with Crippen molar-refractivity contribution < 1.29 is 22.5 Å². The van der Waals surface area contributed by atoms with Gasteiger partial charge in [0.05, 0.1) is 23.4 Å². The molecule has 0 fully saturated rings. The highest BCUT2D eigenvalue weighted by molar-refractivity contribution is 7.92. The fourth-order valence-electron chi connectivity index (χ4n) is 3.20. The van der Waals surface area contributed by atoms with Crippen LogP contribution in [0.25, 0.3) is 10.7 Å². The van der Waals surface area contributed by atoms with Crippen molar-refractivity contribution in [3.63, 3.8) is 0 Å². The molecule has 1 amide bonds. The zero-order valence-electron chi connectivity index (χ0n) is 16.4. The van der Waals surface area contributed by atoms with Crippen LogP contribution in [0.1, 0.15) is 12.3 Å². The van der Waals surface area contributed by atoms with Gasteiger partial charge in [0.15, 0.2) is 6.10 Å². The Balaban J connectivity index is 1.49. The molecule has 3 aromatic rings. The summed E-state index contributed by atoms with van der Waals surface area (Å²) < 4.78 is 36.8. The second kappa shape index (κ2) is 8.07. The van der Waals surface area contributed by atoms with E-state index in [-0.39, 0.29) is 25.4 Å². The lowest BCUT2D eigenvalue weighted by Crippen LogP contribution is -2.40. The van der Waals surface area contributed by atoms with E-state index in [9.17, 15) is 13.2 Å². The fraction of sp³-hybridized carbons (Fsp3) is 0.316. The van der Waals surface area contributed by atoms with Gasteiger partial charge >= 0.3 is 0 Å². The Hall–Kier alpha value is -2.92. The van der Waals surface area contributed by atoms with E-state index in [1.165, 1.54) is 20.5 Å². The summed E-state index contributed by atoms with van der Waals surface area (Å²) in [5, 5.41) is 5.87. The predicted octanol–water partition coefficient (Wildman–Crippen LogP) is 2.37. The number of sulfonamides is 1. The number of rotatable bonds is 5. The number of amides is 1. The maximum absolute atomic E-state index is 13.0. The fourth-order valence-corrected chi connectivity index (χ4v) is 4.79. The first-order valence-electron chi connectivity index (χ1n) is 9.18. The standard InChI is InChI=1S/C19H20N4O5S2/c1-22(12-17-20-18(21-28-17)16-8-5-11-29-16)19(24)15-9-10-23(30(2,25)26)13-6-3-4-7-14(13)27-15/h3-8,11,15H,9-10,12H2,1-2H3/t15-/m0/s1. The Kier molecular flexibility index (Phi) is 5.48. The first-order valence-corrected chi connectivity index (χ1v) is 11.9. The van der Waals surface area contributed by atoms with E-state index in [4.69, 9.17) is 9.26 Å². The highest BCUT2D eigenvalue weighted by atomic mass is 32.2. The number of nitrogens with zero attached hydrogens (tertiary/aromatic N) is 4. The van der Waals surface area contributed by atoms with Crippen LogP contribution in [-0.2, 0) is 21.4 Å². The van der Waals surface area contributed by atoms with Gasteiger partial charge in [0.2, 0.25) is 21.7 Å². The third kappa shape index (κ3) is 4.17. The summed E-state index contributed by atoms with van der Waals surface area (Å²) in [6, 6.07) is 10.6. The number of thiophene rings is 1. The molecule has 9 nitrogen and oxygen atoms in total. The number of carbonyl (C=O) groups excluding carboxylic acids is 1. The number of aromatic nitrogens is 2. The van der Waals surface area contributed by atoms with Crippen molar-refractivity contribution in [1.29, 1.82) is 0 Å². The molecule has 1 atom stereocenters. The van der Waals surface area contributed by atoms with Crippen molar-refractivity contribution in [3.8, 4) is 16.5 Å². The number of hydrogen-bond donors (Lipinski definition) is 0. The summed E-state index contributed by atoms with van der Waals surface area (Å²) in [5.41, 5.74) is 0.426. The highest BCUT2D eigenvalue weighted by Crippen LogP contribution is 2.34. The number of hydrogen-bond acceptors (Lipinski definition) is 8. The summed E-state index contributed by atoms with van der Waals surface area (Å²) in [6.07, 6.45) is 0.524. The molecule has 30 heavy (non-hydrogen) atoms. The third-order valence-electron chi connectivity index (χ3n) is 4.63. The minimum Gasteiger partial charge on any atom is -0.478 e. The maximum Gasteiger partial charge on any atom is 0.263 e. The molecule has 0 N–H and O–H groups in total. The van der Waals surface area contributed by atoms with Crippen LogP contribution in [0.5, 0.6) is 5.75 Å². The first-order chi connectivity index (χ1) is 14.3. The first kappa shape index (κ1) is 20.4. The molecule has 0 saturated carbocycles. The molecular weight excluding hydrogens is 428 g/mol. The number of ether oxygens (including phenoxy) is 1. The monoisotopic (exact) mass is 448 g/mol. The van der Waals surface area contributed by atoms with Crippen LogP contribution in [0.4, 0.5) is 5.69 Å². The van der Waals surface area contributed by atoms with Crippen molar-refractivity contribution in [2.75, 3.05) is 24.2 Å². The molecule has 0 radical (unpaired) electrons. The molecule has 158 valence electrons. The van der Waals surface area contributed by atoms with E-state index in [1.807, 2.05) is 17.5 Å². The van der Waals surface area contributed by atoms with E-state index < -0.39 is 16.1 Å². The van der Waals surface area contributed by atoms with Gasteiger partial charge in [0.25, 0.3) is 5.91 Å². The molecule has 4 rings (SSSR count). The summed E-state index contributed by atoms with van der Waals surface area (Å²) in [6.45, 7) is 0.262. The number of anilines is 1. The Morgan fingerprint density at radius 1 is 1.30 bits per heavy atom. The summed E-state index contributed by atoms with van der Waals surface area (Å²) in [7, 11) is -1.89. The Bertz CT molecular complexity index is 1140. The van der Waals surface area contributed by atoms with Gasteiger partial charge in [-0.3, -0.25) is 9.10 Å². The number of likely N-dealkylation sites (N-methyl/N-ethyl adjacent to an activating group) is 1. The van der Waals surface area contributed by atoms with Crippen LogP contribution < -0.4 is 9.04 Å². The van der Waals surface area contributed by atoms with Gasteiger partial charge in [-0.1, -0.05) is 23.4 Å². The van der Waals surface area contributed by atoms with Crippen LogP contribution >= 0.6 is 11.3 Å². The maximum atomic E-state index is 13.0. The lowest BCUT2D eigenvalue weighted by molar-refractivity contribution is -0.138. The largest absolute Gasteiger partial charge is 0.478 e. The van der Waals surface area contributed by atoms with Gasteiger partial charge in [-0.05, 0) is 23.6 Å². The average molecular weight is 449 g/mol. The van der Waals surface area contributed by atoms with Crippen LogP contribution in [0.15, 0.2) is 46.3 Å². The third-order valence-corrected chi connectivity index (χ3v) is 6.68. The lowest BCUT2D eigenvalue weighted by atomic mass is 10.2. The number of para-hydroxylation sites is 2. The van der Waals surface area contributed by atoms with E-state index in [0.717, 1.165) is 11.1 Å². The van der Waals surface area contributed by atoms with Crippen molar-refractivity contribution in [2.45, 2.75) is 19.1 Å². The number of benzene rings is 1. The van der Waals surface area contributed by atoms with Crippen LogP contribution in [0, 0.1) is 0 Å². The smallest absolute Gasteiger partial charge is 0.263 e. The van der Waals surface area contributed by atoms with Crippen LogP contribution in [0.2, 0.25) is 0 Å². The van der Waals surface area contributed by atoms with E-state index in [1.54, 1.807) is 31.3 Å². The van der Waals surface area contributed by atoms with Gasteiger partial charge in [-0.25, -0.2) is 8.42 Å². The molecular formula is C19H20N4O5S2. The van der Waals surface area contributed by atoms with Gasteiger partial charge in [0.1, 0.15) is 5.75 Å². The summed E-state index contributed by atoms with van der Waals surface area (Å²) >= 11 is 1.50. The van der Waals surface area contributed by atoms with Gasteiger partial charge in [-0.2, -0.15) is 4.98 Å². The topological polar surface area (TPSA) is 106 Å². The van der Waals surface area contributed by atoms with Gasteiger partial charge in [-0.15, -0.1) is 11.3 Å². The minimum atomic E-state index is -3.50. The quantitative estimate of drug-likeness (QED) is 0.590. The van der Waals surface area contributed by atoms with Crippen molar-refractivity contribution in [2.24, 2.45) is 0 Å². The summed E-state index contributed by atoms with van der Waals surface area (Å²) in [5.74, 6) is 0.839. The molecule has 1 aliphatic heterocycles. The van der Waals surface area contributed by atoms with Gasteiger partial charge < -0.3 is 14.2 Å². The number of fused-ring (bicyclic) bond motifs is 1. The summed E-state index contributed by atoms with van der Waals surface area (Å²) in [4.78, 5) is 19.6. The van der Waals surface area contributed by atoms with Crippen molar-refractivity contribution in [3.05, 3.63) is 47.7 Å². The Morgan fingerprint density at radius 3 is 2.83 bits per heavy atom. The van der Waals surface area contributed by atoms with Crippen LogP contribution in [0.3, 0.4) is 0 Å².